The molecule has 106 valence electrons. The molecule has 1 aromatic carbocycles. The van der Waals surface area contributed by atoms with Crippen molar-refractivity contribution in [3.8, 4) is 0 Å². The molecule has 0 bridgehead atoms. The summed E-state index contributed by atoms with van der Waals surface area (Å²) in [7, 11) is 2.05. The molecule has 1 amide bonds. The maximum Gasteiger partial charge on any atom is 0.412 e. The van der Waals surface area contributed by atoms with Gasteiger partial charge in [0.25, 0.3) is 0 Å². The summed E-state index contributed by atoms with van der Waals surface area (Å²) >= 11 is 0. The Hall–Kier alpha value is -1.97. The van der Waals surface area contributed by atoms with Crippen molar-refractivity contribution in [2.75, 3.05) is 18.6 Å². The van der Waals surface area contributed by atoms with Gasteiger partial charge in [0.2, 0.25) is 0 Å². The number of benzene rings is 1. The van der Waals surface area contributed by atoms with Crippen LogP contribution in [-0.4, -0.2) is 36.4 Å². The third-order valence-corrected chi connectivity index (χ3v) is 4.50. The Morgan fingerprint density at radius 3 is 2.80 bits per heavy atom. The van der Waals surface area contributed by atoms with E-state index >= 15 is 0 Å². The number of hydrogen-bond donors (Lipinski definition) is 0. The second-order valence-electron chi connectivity index (χ2n) is 5.42. The van der Waals surface area contributed by atoms with Crippen LogP contribution in [0.25, 0.3) is 6.08 Å². The van der Waals surface area contributed by atoms with Crippen molar-refractivity contribution in [1.82, 2.24) is 4.90 Å². The first-order chi connectivity index (χ1) is 9.55. The van der Waals surface area contributed by atoms with Crippen molar-refractivity contribution in [2.45, 2.75) is 32.5 Å². The molecule has 2 unspecified atom stereocenters. The quantitative estimate of drug-likeness (QED) is 0.736. The van der Waals surface area contributed by atoms with Gasteiger partial charge in [-0.2, -0.15) is 0 Å². The molecular formula is C16H20N2O2. The van der Waals surface area contributed by atoms with E-state index in [0.717, 1.165) is 5.69 Å². The average Bonchev–Trinajstić information content (AvgIpc) is 3.04. The van der Waals surface area contributed by atoms with Crippen molar-refractivity contribution in [3.63, 3.8) is 0 Å². The molecule has 4 heteroatoms. The Bertz CT molecular complexity index is 596. The van der Waals surface area contributed by atoms with E-state index in [9.17, 15) is 4.79 Å². The third-order valence-electron chi connectivity index (χ3n) is 4.50. The Morgan fingerprint density at radius 2 is 2.10 bits per heavy atom. The lowest BCUT2D eigenvalue weighted by molar-refractivity contribution is 0.129. The van der Waals surface area contributed by atoms with E-state index in [4.69, 9.17) is 4.74 Å². The Balaban J connectivity index is 2.03. The van der Waals surface area contributed by atoms with Gasteiger partial charge in [-0.05, 0) is 44.1 Å². The van der Waals surface area contributed by atoms with E-state index < -0.39 is 0 Å². The first-order valence-electron chi connectivity index (χ1n) is 7.02. The fourth-order valence-electron chi connectivity index (χ4n) is 3.57. The molecule has 2 heterocycles. The molecular weight excluding hydrogens is 252 g/mol. The maximum atomic E-state index is 12.1. The van der Waals surface area contributed by atoms with Crippen LogP contribution < -0.4 is 4.90 Å². The standard InChI is InChI=1S/C16H20N2O2/c1-5-20-15(19)18-12(3)16(18)11(2)10-13-8-6-7-9-14(13)17(16)4/h6-10,12H,5H2,1-4H3. The summed E-state index contributed by atoms with van der Waals surface area (Å²) in [5.41, 5.74) is 3.16. The van der Waals surface area contributed by atoms with Gasteiger partial charge >= 0.3 is 6.09 Å². The second-order valence-corrected chi connectivity index (χ2v) is 5.42. The van der Waals surface area contributed by atoms with Gasteiger partial charge in [-0.25, -0.2) is 4.79 Å². The molecule has 1 spiro atoms. The van der Waals surface area contributed by atoms with Gasteiger partial charge in [0.05, 0.1) is 12.6 Å². The molecule has 3 rings (SSSR count). The molecule has 20 heavy (non-hydrogen) atoms. The topological polar surface area (TPSA) is 32.6 Å². The van der Waals surface area contributed by atoms with Crippen molar-refractivity contribution < 1.29 is 9.53 Å². The minimum atomic E-state index is -0.361. The zero-order valence-corrected chi connectivity index (χ0v) is 12.4. The van der Waals surface area contributed by atoms with Crippen LogP contribution in [0.1, 0.15) is 26.3 Å². The number of carbonyl (C=O) groups is 1. The summed E-state index contributed by atoms with van der Waals surface area (Å²) in [6.07, 6.45) is 1.93. The van der Waals surface area contributed by atoms with Crippen LogP contribution in [0.3, 0.4) is 0 Å². The van der Waals surface area contributed by atoms with Gasteiger partial charge in [-0.15, -0.1) is 0 Å². The Kier molecular flexibility index (Phi) is 2.78. The summed E-state index contributed by atoms with van der Waals surface area (Å²) in [6.45, 7) is 6.39. The smallest absolute Gasteiger partial charge is 0.412 e. The number of amides is 1. The van der Waals surface area contributed by atoms with Gasteiger partial charge in [-0.3, -0.25) is 4.90 Å². The molecule has 2 aliphatic rings. The lowest BCUT2D eigenvalue weighted by atomic mass is 9.94. The van der Waals surface area contributed by atoms with Gasteiger partial charge in [0, 0.05) is 12.7 Å². The van der Waals surface area contributed by atoms with Crippen molar-refractivity contribution in [3.05, 3.63) is 35.4 Å². The average molecular weight is 272 g/mol. The minimum Gasteiger partial charge on any atom is -0.450 e. The lowest BCUT2D eigenvalue weighted by Crippen LogP contribution is -2.44. The van der Waals surface area contributed by atoms with E-state index in [1.165, 1.54) is 11.1 Å². The van der Waals surface area contributed by atoms with Gasteiger partial charge in [0.1, 0.15) is 0 Å². The minimum absolute atomic E-state index is 0.121. The summed E-state index contributed by atoms with van der Waals surface area (Å²) in [5.74, 6) is 0. The molecule has 1 aromatic rings. The van der Waals surface area contributed by atoms with Crippen LogP contribution in [-0.2, 0) is 4.74 Å². The molecule has 0 aromatic heterocycles. The summed E-state index contributed by atoms with van der Waals surface area (Å²) in [6, 6.07) is 8.38. The van der Waals surface area contributed by atoms with Gasteiger partial charge < -0.3 is 9.64 Å². The number of ether oxygens (including phenoxy) is 1. The first-order valence-corrected chi connectivity index (χ1v) is 7.02. The molecule has 2 atom stereocenters. The second kappa shape index (κ2) is 4.27. The summed E-state index contributed by atoms with van der Waals surface area (Å²) in [5, 5.41) is 0. The molecule has 1 fully saturated rings. The molecule has 2 aliphatic heterocycles. The summed E-state index contributed by atoms with van der Waals surface area (Å²) in [4.78, 5) is 16.2. The van der Waals surface area contributed by atoms with Gasteiger partial charge in [0.15, 0.2) is 5.66 Å². The Labute approximate surface area is 119 Å². The predicted octanol–water partition coefficient (Wildman–Crippen LogP) is 3.10. The molecule has 0 radical (unpaired) electrons. The molecule has 1 saturated heterocycles. The highest BCUT2D eigenvalue weighted by atomic mass is 16.6. The number of para-hydroxylation sites is 1. The molecule has 4 nitrogen and oxygen atoms in total. The number of anilines is 1. The fraction of sp³-hybridized carbons (Fsp3) is 0.438. The van der Waals surface area contributed by atoms with Crippen LogP contribution in [0.2, 0.25) is 0 Å². The van der Waals surface area contributed by atoms with Crippen LogP contribution in [0, 0.1) is 0 Å². The zero-order valence-electron chi connectivity index (χ0n) is 12.4. The molecule has 0 saturated carbocycles. The van der Waals surface area contributed by atoms with Crippen LogP contribution in [0.15, 0.2) is 29.8 Å². The highest BCUT2D eigenvalue weighted by Crippen LogP contribution is 2.53. The van der Waals surface area contributed by atoms with E-state index in [0.29, 0.717) is 6.61 Å². The SMILES string of the molecule is CCOC(=O)N1C(C)C12C(C)=Cc1ccccc1N2C. The van der Waals surface area contributed by atoms with Crippen LogP contribution >= 0.6 is 0 Å². The largest absolute Gasteiger partial charge is 0.450 e. The van der Waals surface area contributed by atoms with Crippen molar-refractivity contribution in [2.24, 2.45) is 0 Å². The first kappa shape index (κ1) is 13.0. The molecule has 0 aliphatic carbocycles. The monoisotopic (exact) mass is 272 g/mol. The van der Waals surface area contributed by atoms with E-state index in [1.54, 1.807) is 0 Å². The maximum absolute atomic E-state index is 12.1. The zero-order chi connectivity index (χ0) is 14.5. The van der Waals surface area contributed by atoms with E-state index in [2.05, 4.69) is 37.0 Å². The normalized spacial score (nSPS) is 27.2. The molecule has 0 N–H and O–H groups in total. The van der Waals surface area contributed by atoms with E-state index in [-0.39, 0.29) is 17.8 Å². The van der Waals surface area contributed by atoms with Crippen molar-refractivity contribution >= 4 is 17.9 Å². The highest BCUT2D eigenvalue weighted by Gasteiger charge is 2.68. The number of carbonyl (C=O) groups excluding carboxylic acids is 1. The highest BCUT2D eigenvalue weighted by molar-refractivity contribution is 5.84. The van der Waals surface area contributed by atoms with Crippen molar-refractivity contribution in [1.29, 1.82) is 0 Å². The number of likely N-dealkylation sites (N-methyl/N-ethyl adjacent to an activating group) is 1. The number of nitrogens with zero attached hydrogens (tertiary/aromatic N) is 2. The number of fused-ring (bicyclic) bond motifs is 1. The Morgan fingerprint density at radius 1 is 1.40 bits per heavy atom. The van der Waals surface area contributed by atoms with E-state index in [1.807, 2.05) is 31.0 Å². The van der Waals surface area contributed by atoms with Gasteiger partial charge in [-0.1, -0.05) is 18.2 Å². The van der Waals surface area contributed by atoms with Crippen LogP contribution in [0.5, 0.6) is 0 Å². The number of hydrogen-bond acceptors (Lipinski definition) is 3. The van der Waals surface area contributed by atoms with Crippen LogP contribution in [0.4, 0.5) is 10.5 Å². The lowest BCUT2D eigenvalue weighted by Gasteiger charge is -2.36. The number of rotatable bonds is 1. The predicted molar refractivity (Wildman–Crippen MR) is 79.6 cm³/mol. The fourth-order valence-corrected chi connectivity index (χ4v) is 3.57. The summed E-state index contributed by atoms with van der Waals surface area (Å²) < 4.78 is 5.18. The third kappa shape index (κ3) is 1.45.